The van der Waals surface area contributed by atoms with Gasteiger partial charge in [0.25, 0.3) is 0 Å². The van der Waals surface area contributed by atoms with Crippen LogP contribution in [0.2, 0.25) is 0 Å². The van der Waals surface area contributed by atoms with Crippen LogP contribution in [0.25, 0.3) is 0 Å². The van der Waals surface area contributed by atoms with Crippen molar-refractivity contribution in [3.8, 4) is 0 Å². The second-order valence-electron chi connectivity index (χ2n) is 7.15. The van der Waals surface area contributed by atoms with Crippen molar-refractivity contribution >= 4 is 5.91 Å². The maximum atomic E-state index is 12.7. The van der Waals surface area contributed by atoms with Gasteiger partial charge in [-0.3, -0.25) is 9.69 Å². The fourth-order valence-electron chi connectivity index (χ4n) is 4.30. The van der Waals surface area contributed by atoms with E-state index in [1.165, 1.54) is 57.2 Å². The van der Waals surface area contributed by atoms with E-state index < -0.39 is 0 Å². The van der Waals surface area contributed by atoms with Crippen molar-refractivity contribution in [2.45, 2.75) is 63.5 Å². The molecule has 3 heteroatoms. The summed E-state index contributed by atoms with van der Waals surface area (Å²) in [7, 11) is 2.03. The zero-order valence-electron chi connectivity index (χ0n) is 14.4. The quantitative estimate of drug-likeness (QED) is 0.830. The van der Waals surface area contributed by atoms with E-state index >= 15 is 0 Å². The predicted octanol–water partition coefficient (Wildman–Crippen LogP) is 3.48. The second-order valence-corrected chi connectivity index (χ2v) is 7.15. The molecule has 2 aliphatic rings. The lowest BCUT2D eigenvalue weighted by Gasteiger charge is -2.42. The molecule has 126 valence electrons. The minimum Gasteiger partial charge on any atom is -0.341 e. The molecule has 1 saturated carbocycles. The molecule has 23 heavy (non-hydrogen) atoms. The Balaban J connectivity index is 1.58. The Kier molecular flexibility index (Phi) is 5.71. The summed E-state index contributed by atoms with van der Waals surface area (Å²) in [5.41, 5.74) is 1.26. The largest absolute Gasteiger partial charge is 0.341 e. The Morgan fingerprint density at radius 2 is 1.78 bits per heavy atom. The normalized spacial score (nSPS) is 25.4. The molecule has 1 aromatic rings. The van der Waals surface area contributed by atoms with Crippen LogP contribution in [0.5, 0.6) is 0 Å². The van der Waals surface area contributed by atoms with Crippen LogP contribution in [0.4, 0.5) is 0 Å². The Hall–Kier alpha value is -1.35. The fraction of sp³-hybridized carbons (Fsp3) is 0.650. The average molecular weight is 314 g/mol. The number of carbonyl (C=O) groups is 1. The lowest BCUT2D eigenvalue weighted by atomic mass is 9.88. The van der Waals surface area contributed by atoms with Crippen molar-refractivity contribution in [3.05, 3.63) is 35.9 Å². The standard InChI is InChI=1S/C20H30N2O/c1-21(20(23)14-13-17-9-3-2-4-10-17)18-11-5-6-12-19(18)22-15-7-8-16-22/h2-4,9-10,18-19H,5-8,11-16H2,1H3/t18-,19-/m1/s1. The molecular weight excluding hydrogens is 284 g/mol. The maximum Gasteiger partial charge on any atom is 0.222 e. The summed E-state index contributed by atoms with van der Waals surface area (Å²) in [4.78, 5) is 17.4. The fourth-order valence-corrected chi connectivity index (χ4v) is 4.30. The molecular formula is C20H30N2O. The van der Waals surface area contributed by atoms with Gasteiger partial charge in [-0.25, -0.2) is 0 Å². The molecule has 1 heterocycles. The number of aryl methyl sites for hydroxylation is 1. The summed E-state index contributed by atoms with van der Waals surface area (Å²) in [5, 5.41) is 0. The summed E-state index contributed by atoms with van der Waals surface area (Å²) in [6, 6.07) is 11.4. The van der Waals surface area contributed by atoms with Gasteiger partial charge >= 0.3 is 0 Å². The Bertz CT molecular complexity index is 496. The number of carbonyl (C=O) groups excluding carboxylic acids is 1. The highest BCUT2D eigenvalue weighted by Gasteiger charge is 2.35. The molecule has 2 fully saturated rings. The van der Waals surface area contributed by atoms with E-state index in [1.54, 1.807) is 0 Å². The van der Waals surface area contributed by atoms with E-state index in [4.69, 9.17) is 0 Å². The van der Waals surface area contributed by atoms with Crippen molar-refractivity contribution in [2.75, 3.05) is 20.1 Å². The van der Waals surface area contributed by atoms with Gasteiger partial charge in [0.2, 0.25) is 5.91 Å². The first kappa shape index (κ1) is 16.5. The van der Waals surface area contributed by atoms with Crippen LogP contribution in [0, 0.1) is 0 Å². The highest BCUT2D eigenvalue weighted by atomic mass is 16.2. The first-order valence-electron chi connectivity index (χ1n) is 9.29. The zero-order chi connectivity index (χ0) is 16.1. The minimum atomic E-state index is 0.310. The first-order valence-corrected chi connectivity index (χ1v) is 9.29. The van der Waals surface area contributed by atoms with Gasteiger partial charge in [0, 0.05) is 25.6 Å². The molecule has 3 nitrogen and oxygen atoms in total. The molecule has 0 radical (unpaired) electrons. The number of likely N-dealkylation sites (N-methyl/N-ethyl adjacent to an activating group) is 1. The summed E-state index contributed by atoms with van der Waals surface area (Å²) in [6.07, 6.45) is 9.17. The average Bonchev–Trinajstić information content (AvgIpc) is 3.14. The van der Waals surface area contributed by atoms with E-state index in [0.29, 0.717) is 24.4 Å². The number of hydrogen-bond donors (Lipinski definition) is 0. The first-order chi connectivity index (χ1) is 11.3. The molecule has 0 aromatic heterocycles. The summed E-state index contributed by atoms with van der Waals surface area (Å²) in [5.74, 6) is 0.310. The molecule has 0 N–H and O–H groups in total. The van der Waals surface area contributed by atoms with Crippen molar-refractivity contribution in [1.82, 2.24) is 9.80 Å². The number of hydrogen-bond acceptors (Lipinski definition) is 2. The van der Waals surface area contributed by atoms with Gasteiger partial charge in [-0.2, -0.15) is 0 Å². The van der Waals surface area contributed by atoms with Gasteiger partial charge < -0.3 is 4.90 Å². The van der Waals surface area contributed by atoms with Crippen molar-refractivity contribution in [1.29, 1.82) is 0 Å². The van der Waals surface area contributed by atoms with Crippen LogP contribution >= 0.6 is 0 Å². The molecule has 0 bridgehead atoms. The Morgan fingerprint density at radius 3 is 2.52 bits per heavy atom. The van der Waals surface area contributed by atoms with Crippen LogP contribution in [-0.4, -0.2) is 47.9 Å². The summed E-state index contributed by atoms with van der Waals surface area (Å²) in [6.45, 7) is 2.46. The van der Waals surface area contributed by atoms with E-state index in [9.17, 15) is 4.79 Å². The van der Waals surface area contributed by atoms with Crippen molar-refractivity contribution < 1.29 is 4.79 Å². The van der Waals surface area contributed by atoms with Crippen molar-refractivity contribution in [3.63, 3.8) is 0 Å². The minimum absolute atomic E-state index is 0.310. The molecule has 3 rings (SSSR count). The molecule has 1 amide bonds. The van der Waals surface area contributed by atoms with E-state index in [1.807, 2.05) is 25.2 Å². The van der Waals surface area contributed by atoms with E-state index in [2.05, 4.69) is 21.9 Å². The van der Waals surface area contributed by atoms with Gasteiger partial charge in [-0.1, -0.05) is 43.2 Å². The number of nitrogens with zero attached hydrogens (tertiary/aromatic N) is 2. The zero-order valence-corrected chi connectivity index (χ0v) is 14.4. The van der Waals surface area contributed by atoms with Crippen LogP contribution in [-0.2, 0) is 11.2 Å². The van der Waals surface area contributed by atoms with Gasteiger partial charge in [0.1, 0.15) is 0 Å². The number of benzene rings is 1. The molecule has 0 unspecified atom stereocenters. The second kappa shape index (κ2) is 7.96. The number of likely N-dealkylation sites (tertiary alicyclic amines) is 1. The lowest BCUT2D eigenvalue weighted by molar-refractivity contribution is -0.134. The maximum absolute atomic E-state index is 12.7. The van der Waals surface area contributed by atoms with Crippen LogP contribution in [0.3, 0.4) is 0 Å². The van der Waals surface area contributed by atoms with E-state index in [0.717, 1.165) is 6.42 Å². The highest BCUT2D eigenvalue weighted by molar-refractivity contribution is 5.76. The molecule has 2 atom stereocenters. The predicted molar refractivity (Wildman–Crippen MR) is 94.4 cm³/mol. The Morgan fingerprint density at radius 1 is 1.09 bits per heavy atom. The number of amides is 1. The van der Waals surface area contributed by atoms with Crippen molar-refractivity contribution in [2.24, 2.45) is 0 Å². The van der Waals surface area contributed by atoms with Gasteiger partial charge in [0.05, 0.1) is 0 Å². The van der Waals surface area contributed by atoms with E-state index in [-0.39, 0.29) is 0 Å². The van der Waals surface area contributed by atoms with Crippen LogP contribution in [0.1, 0.15) is 50.5 Å². The van der Waals surface area contributed by atoms with Gasteiger partial charge in [-0.05, 0) is 50.8 Å². The third-order valence-corrected chi connectivity index (χ3v) is 5.66. The molecule has 1 saturated heterocycles. The SMILES string of the molecule is CN(C(=O)CCc1ccccc1)[C@@H]1CCCC[C@H]1N1CCCC1. The monoisotopic (exact) mass is 314 g/mol. The molecule has 1 aliphatic heterocycles. The third-order valence-electron chi connectivity index (χ3n) is 5.66. The van der Waals surface area contributed by atoms with Crippen LogP contribution in [0.15, 0.2) is 30.3 Å². The Labute approximate surface area is 140 Å². The summed E-state index contributed by atoms with van der Waals surface area (Å²) >= 11 is 0. The molecule has 1 aromatic carbocycles. The third kappa shape index (κ3) is 4.14. The smallest absolute Gasteiger partial charge is 0.222 e. The van der Waals surface area contributed by atoms with Gasteiger partial charge in [-0.15, -0.1) is 0 Å². The lowest BCUT2D eigenvalue weighted by Crippen LogP contribution is -2.53. The van der Waals surface area contributed by atoms with Crippen LogP contribution < -0.4 is 0 Å². The summed E-state index contributed by atoms with van der Waals surface area (Å²) < 4.78 is 0. The topological polar surface area (TPSA) is 23.6 Å². The van der Waals surface area contributed by atoms with Gasteiger partial charge in [0.15, 0.2) is 0 Å². The molecule has 1 aliphatic carbocycles. The molecule has 0 spiro atoms. The number of rotatable bonds is 5. The highest BCUT2D eigenvalue weighted by Crippen LogP contribution is 2.29.